The van der Waals surface area contributed by atoms with Gasteiger partial charge in [0, 0.05) is 43.3 Å². The highest BCUT2D eigenvalue weighted by molar-refractivity contribution is 5.53. The zero-order valence-electron chi connectivity index (χ0n) is 11.9. The third-order valence-corrected chi connectivity index (χ3v) is 2.80. The van der Waals surface area contributed by atoms with Crippen molar-refractivity contribution in [1.82, 2.24) is 10.3 Å². The fourth-order valence-corrected chi connectivity index (χ4v) is 1.96. The number of rotatable bonds is 8. The maximum atomic E-state index is 4.23. The molecule has 0 bridgehead atoms. The molecule has 100 valence electrons. The summed E-state index contributed by atoms with van der Waals surface area (Å²) in [5.74, 6) is 0. The molecule has 1 aromatic heterocycles. The topological polar surface area (TPSA) is 28.2 Å². The van der Waals surface area contributed by atoms with Crippen LogP contribution in [0.15, 0.2) is 30.6 Å². The van der Waals surface area contributed by atoms with Crippen molar-refractivity contribution in [3.8, 4) is 0 Å². The van der Waals surface area contributed by atoms with Crippen LogP contribution in [0.4, 0.5) is 5.69 Å². The first-order valence-corrected chi connectivity index (χ1v) is 6.72. The smallest absolute Gasteiger partial charge is 0.0445 e. The van der Waals surface area contributed by atoms with Gasteiger partial charge in [-0.3, -0.25) is 4.98 Å². The van der Waals surface area contributed by atoms with Gasteiger partial charge in [0.25, 0.3) is 0 Å². The van der Waals surface area contributed by atoms with E-state index in [4.69, 9.17) is 0 Å². The summed E-state index contributed by atoms with van der Waals surface area (Å²) in [4.78, 5) is 6.57. The van der Waals surface area contributed by atoms with Crippen molar-refractivity contribution in [2.75, 3.05) is 24.5 Å². The van der Waals surface area contributed by atoms with E-state index in [1.807, 2.05) is 12.4 Å². The number of likely N-dealkylation sites (N-methyl/N-ethyl adjacent to an activating group) is 1. The average Bonchev–Trinajstić information content (AvgIpc) is 2.37. The summed E-state index contributed by atoms with van der Waals surface area (Å²) in [5, 5.41) is 3.43. The van der Waals surface area contributed by atoms with Gasteiger partial charge < -0.3 is 10.2 Å². The van der Waals surface area contributed by atoms with E-state index >= 15 is 0 Å². The molecule has 1 aromatic rings. The Bertz CT molecular complexity index is 374. The predicted molar refractivity (Wildman–Crippen MR) is 78.9 cm³/mol. The third kappa shape index (κ3) is 4.49. The van der Waals surface area contributed by atoms with Crippen molar-refractivity contribution >= 4 is 5.69 Å². The molecule has 0 aliphatic rings. The molecule has 0 aliphatic heterocycles. The quantitative estimate of drug-likeness (QED) is 0.565. The van der Waals surface area contributed by atoms with Crippen molar-refractivity contribution in [2.24, 2.45) is 0 Å². The number of aromatic nitrogens is 1. The van der Waals surface area contributed by atoms with Crippen LogP contribution in [0.25, 0.3) is 0 Å². The van der Waals surface area contributed by atoms with Crippen molar-refractivity contribution in [3.63, 3.8) is 0 Å². The number of nitrogens with zero attached hydrogens (tertiary/aromatic N) is 2. The van der Waals surface area contributed by atoms with Crippen LogP contribution in [-0.4, -0.2) is 24.6 Å². The molecular formula is C15H25N3. The fraction of sp³-hybridized carbons (Fsp3) is 0.533. The molecule has 0 radical (unpaired) electrons. The average molecular weight is 247 g/mol. The van der Waals surface area contributed by atoms with Crippen molar-refractivity contribution in [2.45, 2.75) is 33.7 Å². The lowest BCUT2D eigenvalue weighted by Crippen LogP contribution is -2.27. The van der Waals surface area contributed by atoms with E-state index < -0.39 is 0 Å². The molecule has 1 rings (SSSR count). The summed E-state index contributed by atoms with van der Waals surface area (Å²) >= 11 is 0. The molecule has 0 saturated heterocycles. The Kier molecular flexibility index (Phi) is 6.44. The normalized spacial score (nSPS) is 10.4. The Morgan fingerprint density at radius 3 is 2.83 bits per heavy atom. The Balaban J connectivity index is 2.81. The van der Waals surface area contributed by atoms with Crippen molar-refractivity contribution in [1.29, 1.82) is 0 Å². The molecule has 0 unspecified atom stereocenters. The second-order valence-electron chi connectivity index (χ2n) is 4.65. The molecule has 0 spiro atoms. The van der Waals surface area contributed by atoms with Crippen molar-refractivity contribution < 1.29 is 0 Å². The number of pyridine rings is 1. The predicted octanol–water partition coefficient (Wildman–Crippen LogP) is 2.98. The molecule has 0 atom stereocenters. The van der Waals surface area contributed by atoms with Crippen LogP contribution in [0.2, 0.25) is 0 Å². The van der Waals surface area contributed by atoms with E-state index in [9.17, 15) is 0 Å². The first-order valence-electron chi connectivity index (χ1n) is 6.72. The van der Waals surface area contributed by atoms with Gasteiger partial charge in [-0.2, -0.15) is 0 Å². The summed E-state index contributed by atoms with van der Waals surface area (Å²) in [7, 11) is 0. The maximum absolute atomic E-state index is 4.23. The van der Waals surface area contributed by atoms with Gasteiger partial charge in [0.1, 0.15) is 0 Å². The first kappa shape index (κ1) is 14.7. The monoisotopic (exact) mass is 247 g/mol. The zero-order valence-corrected chi connectivity index (χ0v) is 11.9. The highest BCUT2D eigenvalue weighted by Gasteiger charge is 2.09. The second-order valence-corrected chi connectivity index (χ2v) is 4.65. The summed E-state index contributed by atoms with van der Waals surface area (Å²) in [6.45, 7) is 14.2. The lowest BCUT2D eigenvalue weighted by molar-refractivity contribution is 0.671. The number of hydrogen-bond acceptors (Lipinski definition) is 3. The highest BCUT2D eigenvalue weighted by Crippen LogP contribution is 2.19. The molecular weight excluding hydrogens is 222 g/mol. The Hall–Kier alpha value is -1.35. The maximum Gasteiger partial charge on any atom is 0.0445 e. The van der Waals surface area contributed by atoms with Crippen LogP contribution >= 0.6 is 0 Å². The van der Waals surface area contributed by atoms with Gasteiger partial charge in [-0.05, 0) is 32.9 Å². The lowest BCUT2D eigenvalue weighted by Gasteiger charge is -2.25. The molecule has 0 fully saturated rings. The van der Waals surface area contributed by atoms with Gasteiger partial charge in [0.2, 0.25) is 0 Å². The zero-order chi connectivity index (χ0) is 13.4. The third-order valence-electron chi connectivity index (χ3n) is 2.80. The Labute approximate surface area is 111 Å². The number of nitrogens with one attached hydrogen (secondary N) is 1. The summed E-state index contributed by atoms with van der Waals surface area (Å²) in [6, 6.07) is 2.09. The highest BCUT2D eigenvalue weighted by atomic mass is 15.1. The largest absolute Gasteiger partial charge is 0.367 e. The minimum atomic E-state index is 0.879. The van der Waals surface area contributed by atoms with Crippen LogP contribution < -0.4 is 10.2 Å². The molecule has 1 N–H and O–H groups in total. The van der Waals surface area contributed by atoms with E-state index in [1.165, 1.54) is 16.8 Å². The van der Waals surface area contributed by atoms with Gasteiger partial charge in [0.15, 0.2) is 0 Å². The van der Waals surface area contributed by atoms with E-state index in [-0.39, 0.29) is 0 Å². The van der Waals surface area contributed by atoms with Gasteiger partial charge >= 0.3 is 0 Å². The molecule has 0 aliphatic carbocycles. The van der Waals surface area contributed by atoms with E-state index in [0.717, 1.165) is 32.6 Å². The molecule has 3 heteroatoms. The van der Waals surface area contributed by atoms with E-state index in [0.29, 0.717) is 0 Å². The molecule has 3 nitrogen and oxygen atoms in total. The Morgan fingerprint density at radius 2 is 2.22 bits per heavy atom. The fourth-order valence-electron chi connectivity index (χ4n) is 1.96. The van der Waals surface area contributed by atoms with Gasteiger partial charge in [-0.25, -0.2) is 0 Å². The lowest BCUT2D eigenvalue weighted by atomic mass is 10.2. The second kappa shape index (κ2) is 7.88. The van der Waals surface area contributed by atoms with Crippen LogP contribution in [0.5, 0.6) is 0 Å². The van der Waals surface area contributed by atoms with Crippen LogP contribution in [-0.2, 0) is 6.54 Å². The van der Waals surface area contributed by atoms with Gasteiger partial charge in [-0.15, -0.1) is 0 Å². The van der Waals surface area contributed by atoms with Gasteiger partial charge in [0.05, 0.1) is 0 Å². The standard InChI is InChI=1S/C15H25N3/c1-5-8-16-10-14-11-17-9-7-15(14)18(6-2)12-13(3)4/h7,9,11,16H,3,5-6,8,10,12H2,1-2,4H3. The number of hydrogen-bond donors (Lipinski definition) is 1. The van der Waals surface area contributed by atoms with Crippen LogP contribution in [0, 0.1) is 0 Å². The molecule has 0 amide bonds. The summed E-state index contributed by atoms with van der Waals surface area (Å²) < 4.78 is 0. The minimum absolute atomic E-state index is 0.879. The number of anilines is 1. The van der Waals surface area contributed by atoms with E-state index in [1.54, 1.807) is 0 Å². The summed E-state index contributed by atoms with van der Waals surface area (Å²) in [5.41, 5.74) is 3.70. The minimum Gasteiger partial charge on any atom is -0.367 e. The first-order chi connectivity index (χ1) is 8.69. The van der Waals surface area contributed by atoms with Gasteiger partial charge in [-0.1, -0.05) is 19.1 Å². The van der Waals surface area contributed by atoms with Crippen molar-refractivity contribution in [3.05, 3.63) is 36.2 Å². The Morgan fingerprint density at radius 1 is 1.44 bits per heavy atom. The molecule has 0 saturated carbocycles. The SMILES string of the molecule is C=C(C)CN(CC)c1ccncc1CNCCC. The van der Waals surface area contributed by atoms with Crippen LogP contribution in [0.3, 0.4) is 0 Å². The van der Waals surface area contributed by atoms with E-state index in [2.05, 4.69) is 48.6 Å². The molecule has 18 heavy (non-hydrogen) atoms. The van der Waals surface area contributed by atoms with Crippen LogP contribution in [0.1, 0.15) is 32.8 Å². The summed E-state index contributed by atoms with van der Waals surface area (Å²) in [6.07, 6.45) is 4.97. The molecule has 0 aromatic carbocycles. The molecule has 1 heterocycles.